The van der Waals surface area contributed by atoms with Gasteiger partial charge in [-0.15, -0.1) is 6.42 Å². The highest BCUT2D eigenvalue weighted by Gasteiger charge is 2.04. The number of hydrogen-bond acceptors (Lipinski definition) is 2. The van der Waals surface area contributed by atoms with Gasteiger partial charge >= 0.3 is 0 Å². The zero-order valence-electron chi connectivity index (χ0n) is 9.76. The van der Waals surface area contributed by atoms with Gasteiger partial charge in [0.25, 0.3) is 0 Å². The minimum Gasteiger partial charge on any atom is -0.251 e. The lowest BCUT2D eigenvalue weighted by atomic mass is 10.1. The molecule has 0 aliphatic heterocycles. The van der Waals surface area contributed by atoms with Crippen molar-refractivity contribution in [2.24, 2.45) is 0 Å². The Bertz CT molecular complexity index is 378. The van der Waals surface area contributed by atoms with E-state index in [1.807, 2.05) is 18.9 Å². The van der Waals surface area contributed by atoms with Gasteiger partial charge in [0.05, 0.1) is 0 Å². The van der Waals surface area contributed by atoms with Crippen molar-refractivity contribution in [2.45, 2.75) is 20.4 Å². The average Bonchev–Trinajstić information content (AvgIpc) is 2.32. The number of terminal acetylenes is 1. The second-order valence-corrected chi connectivity index (χ2v) is 3.46. The molecule has 0 aromatic heterocycles. The molecule has 0 fully saturated rings. The predicted octanol–water partition coefficient (Wildman–Crippen LogP) is 2.15. The Labute approximate surface area is 96.4 Å². The molecule has 0 bridgehead atoms. The SMILES string of the molecule is C#Cc1ccc(CNN(CC)CC)c(F)c1. The van der Waals surface area contributed by atoms with Crippen LogP contribution in [0.3, 0.4) is 0 Å². The molecule has 0 amide bonds. The summed E-state index contributed by atoms with van der Waals surface area (Å²) in [5.41, 5.74) is 4.36. The largest absolute Gasteiger partial charge is 0.251 e. The molecule has 16 heavy (non-hydrogen) atoms. The minimum atomic E-state index is -0.255. The van der Waals surface area contributed by atoms with Gasteiger partial charge in [-0.05, 0) is 12.1 Å². The van der Waals surface area contributed by atoms with E-state index in [0.29, 0.717) is 17.7 Å². The standard InChI is InChI=1S/C13H17FN2/c1-4-11-7-8-12(13(14)9-11)10-15-16(5-2)6-3/h1,7-9,15H,5-6,10H2,2-3H3. The van der Waals surface area contributed by atoms with E-state index in [2.05, 4.69) is 11.3 Å². The second kappa shape index (κ2) is 6.26. The van der Waals surface area contributed by atoms with E-state index in [1.165, 1.54) is 6.07 Å². The van der Waals surface area contributed by atoms with Crippen molar-refractivity contribution in [3.63, 3.8) is 0 Å². The van der Waals surface area contributed by atoms with Crippen LogP contribution in [-0.2, 0) is 6.54 Å². The lowest BCUT2D eigenvalue weighted by Crippen LogP contribution is -2.37. The van der Waals surface area contributed by atoms with Gasteiger partial charge in [-0.25, -0.2) is 9.40 Å². The number of benzene rings is 1. The Morgan fingerprint density at radius 2 is 2.06 bits per heavy atom. The van der Waals surface area contributed by atoms with Crippen LogP contribution in [-0.4, -0.2) is 18.1 Å². The Hall–Kier alpha value is -1.37. The molecule has 2 nitrogen and oxygen atoms in total. The molecule has 0 atom stereocenters. The van der Waals surface area contributed by atoms with Crippen LogP contribution in [0.2, 0.25) is 0 Å². The zero-order valence-corrected chi connectivity index (χ0v) is 9.76. The van der Waals surface area contributed by atoms with E-state index >= 15 is 0 Å². The topological polar surface area (TPSA) is 15.3 Å². The third-order valence-electron chi connectivity index (χ3n) is 2.48. The van der Waals surface area contributed by atoms with E-state index in [-0.39, 0.29) is 5.82 Å². The summed E-state index contributed by atoms with van der Waals surface area (Å²) in [7, 11) is 0. The second-order valence-electron chi connectivity index (χ2n) is 3.46. The highest BCUT2D eigenvalue weighted by Crippen LogP contribution is 2.09. The number of hydrogen-bond donors (Lipinski definition) is 1. The quantitative estimate of drug-likeness (QED) is 0.604. The van der Waals surface area contributed by atoms with Crippen molar-refractivity contribution in [3.05, 3.63) is 35.1 Å². The molecule has 0 spiro atoms. The van der Waals surface area contributed by atoms with Gasteiger partial charge in [0.2, 0.25) is 0 Å². The van der Waals surface area contributed by atoms with Gasteiger partial charge in [-0.2, -0.15) is 0 Å². The third-order valence-corrected chi connectivity index (χ3v) is 2.48. The first kappa shape index (κ1) is 12.7. The van der Waals surface area contributed by atoms with E-state index in [9.17, 15) is 4.39 Å². The number of halogens is 1. The van der Waals surface area contributed by atoms with Crippen molar-refractivity contribution in [2.75, 3.05) is 13.1 Å². The Balaban J connectivity index is 2.65. The zero-order chi connectivity index (χ0) is 12.0. The molecule has 0 aliphatic carbocycles. The fourth-order valence-electron chi connectivity index (χ4n) is 1.42. The van der Waals surface area contributed by atoms with Crippen LogP contribution in [0.1, 0.15) is 25.0 Å². The molecule has 86 valence electrons. The van der Waals surface area contributed by atoms with Crippen LogP contribution >= 0.6 is 0 Å². The molecule has 1 aromatic carbocycles. The van der Waals surface area contributed by atoms with E-state index in [1.54, 1.807) is 12.1 Å². The summed E-state index contributed by atoms with van der Waals surface area (Å²) in [6.45, 7) is 6.36. The minimum absolute atomic E-state index is 0.255. The van der Waals surface area contributed by atoms with Crippen LogP contribution in [0.25, 0.3) is 0 Å². The molecule has 1 rings (SSSR count). The van der Waals surface area contributed by atoms with Crippen molar-refractivity contribution >= 4 is 0 Å². The molecule has 3 heteroatoms. The van der Waals surface area contributed by atoms with Crippen LogP contribution in [0, 0.1) is 18.2 Å². The first-order valence-corrected chi connectivity index (χ1v) is 5.44. The van der Waals surface area contributed by atoms with Crippen LogP contribution in [0.5, 0.6) is 0 Å². The monoisotopic (exact) mass is 220 g/mol. The number of hydrazine groups is 1. The summed E-state index contributed by atoms with van der Waals surface area (Å²) >= 11 is 0. The molecule has 0 saturated carbocycles. The number of nitrogens with one attached hydrogen (secondary N) is 1. The first-order chi connectivity index (χ1) is 7.71. The van der Waals surface area contributed by atoms with Gasteiger partial charge in [0.1, 0.15) is 5.82 Å². The van der Waals surface area contributed by atoms with Crippen LogP contribution in [0.15, 0.2) is 18.2 Å². The Kier molecular flexibility index (Phi) is 4.97. The van der Waals surface area contributed by atoms with Crippen molar-refractivity contribution in [3.8, 4) is 12.3 Å². The predicted molar refractivity (Wildman–Crippen MR) is 64.1 cm³/mol. The van der Waals surface area contributed by atoms with Crippen molar-refractivity contribution < 1.29 is 4.39 Å². The number of nitrogens with zero attached hydrogens (tertiary/aromatic N) is 1. The molecule has 0 saturated heterocycles. The molecule has 0 radical (unpaired) electrons. The van der Waals surface area contributed by atoms with E-state index in [0.717, 1.165) is 13.1 Å². The summed E-state index contributed by atoms with van der Waals surface area (Å²) in [6.07, 6.45) is 5.19. The smallest absolute Gasteiger partial charge is 0.128 e. The normalized spacial score (nSPS) is 10.4. The van der Waals surface area contributed by atoms with Gasteiger partial charge in [-0.3, -0.25) is 5.43 Å². The fourth-order valence-corrected chi connectivity index (χ4v) is 1.42. The van der Waals surface area contributed by atoms with Gasteiger partial charge in [-0.1, -0.05) is 25.8 Å². The summed E-state index contributed by atoms with van der Waals surface area (Å²) in [5, 5.41) is 2.02. The third kappa shape index (κ3) is 3.34. The Morgan fingerprint density at radius 3 is 2.56 bits per heavy atom. The average molecular weight is 220 g/mol. The van der Waals surface area contributed by atoms with Crippen LogP contribution in [0.4, 0.5) is 4.39 Å². The first-order valence-electron chi connectivity index (χ1n) is 5.44. The van der Waals surface area contributed by atoms with Crippen LogP contribution < -0.4 is 5.43 Å². The maximum atomic E-state index is 13.5. The lowest BCUT2D eigenvalue weighted by Gasteiger charge is -2.19. The maximum Gasteiger partial charge on any atom is 0.128 e. The van der Waals surface area contributed by atoms with Gasteiger partial charge in [0, 0.05) is 30.8 Å². The highest BCUT2D eigenvalue weighted by atomic mass is 19.1. The summed E-state index contributed by atoms with van der Waals surface area (Å²) in [6, 6.07) is 4.86. The fraction of sp³-hybridized carbons (Fsp3) is 0.385. The molecule has 0 unspecified atom stereocenters. The molecule has 0 aliphatic rings. The summed E-state index contributed by atoms with van der Waals surface area (Å²) in [5.74, 6) is 2.16. The van der Waals surface area contributed by atoms with Crippen molar-refractivity contribution in [1.82, 2.24) is 10.4 Å². The molecule has 1 aromatic rings. The molecular formula is C13H17FN2. The van der Waals surface area contributed by atoms with Crippen molar-refractivity contribution in [1.29, 1.82) is 0 Å². The maximum absolute atomic E-state index is 13.5. The van der Waals surface area contributed by atoms with E-state index < -0.39 is 0 Å². The molecule has 0 heterocycles. The molecule has 1 N–H and O–H groups in total. The molecular weight excluding hydrogens is 203 g/mol. The van der Waals surface area contributed by atoms with Gasteiger partial charge < -0.3 is 0 Å². The number of rotatable bonds is 5. The van der Waals surface area contributed by atoms with E-state index in [4.69, 9.17) is 6.42 Å². The lowest BCUT2D eigenvalue weighted by molar-refractivity contribution is 0.204. The highest BCUT2D eigenvalue weighted by molar-refractivity contribution is 5.35. The van der Waals surface area contributed by atoms with Gasteiger partial charge in [0.15, 0.2) is 0 Å². The Morgan fingerprint density at radius 1 is 1.38 bits per heavy atom. The summed E-state index contributed by atoms with van der Waals surface area (Å²) in [4.78, 5) is 0. The summed E-state index contributed by atoms with van der Waals surface area (Å²) < 4.78 is 13.5.